The maximum atomic E-state index is 10.4. The first-order valence-electron chi connectivity index (χ1n) is 7.95. The first-order chi connectivity index (χ1) is 11.1. The van der Waals surface area contributed by atoms with E-state index in [4.69, 9.17) is 0 Å². The number of para-hydroxylation sites is 1. The normalized spacial score (nSPS) is 14.0. The Morgan fingerprint density at radius 3 is 2.65 bits per heavy atom. The maximum Gasteiger partial charge on any atom is 0.0954 e. The van der Waals surface area contributed by atoms with Gasteiger partial charge < -0.3 is 10.4 Å². The minimum absolute atomic E-state index is 0.272. The molecular weight excluding hydrogens is 304 g/mol. The van der Waals surface area contributed by atoms with E-state index in [1.165, 1.54) is 4.70 Å². The van der Waals surface area contributed by atoms with Gasteiger partial charge in [-0.15, -0.1) is 11.3 Å². The van der Waals surface area contributed by atoms with Gasteiger partial charge in [-0.25, -0.2) is 4.98 Å². The lowest BCUT2D eigenvalue weighted by Crippen LogP contribution is -2.32. The molecule has 2 N–H and O–H groups in total. The summed E-state index contributed by atoms with van der Waals surface area (Å²) in [6.07, 6.45) is 0.397. The summed E-state index contributed by atoms with van der Waals surface area (Å²) in [7, 11) is 0. The van der Waals surface area contributed by atoms with Crippen molar-refractivity contribution < 1.29 is 5.11 Å². The molecule has 3 rings (SSSR count). The second-order valence-corrected chi connectivity index (χ2v) is 7.08. The summed E-state index contributed by atoms with van der Waals surface area (Å²) in [4.78, 5) is 4.67. The van der Waals surface area contributed by atoms with Crippen LogP contribution in [0.25, 0.3) is 10.2 Å². The zero-order valence-electron chi connectivity index (χ0n) is 13.5. The van der Waals surface area contributed by atoms with Gasteiger partial charge in [0, 0.05) is 19.0 Å². The van der Waals surface area contributed by atoms with Gasteiger partial charge in [0.1, 0.15) is 0 Å². The Hall–Kier alpha value is -1.75. The van der Waals surface area contributed by atoms with Gasteiger partial charge in [-0.05, 0) is 37.1 Å². The lowest BCUT2D eigenvalue weighted by atomic mass is 10.0. The Morgan fingerprint density at radius 1 is 1.13 bits per heavy atom. The topological polar surface area (TPSA) is 45.1 Å². The number of thiazole rings is 1. The van der Waals surface area contributed by atoms with Crippen LogP contribution in [0.5, 0.6) is 0 Å². The second kappa shape index (κ2) is 7.21. The van der Waals surface area contributed by atoms with Gasteiger partial charge in [0.25, 0.3) is 0 Å². The average molecular weight is 326 g/mol. The van der Waals surface area contributed by atoms with Crippen molar-refractivity contribution in [3.8, 4) is 0 Å². The molecular formula is C19H22N2OS. The predicted octanol–water partition coefficient (Wildman–Crippen LogP) is 3.86. The van der Waals surface area contributed by atoms with E-state index < -0.39 is 6.10 Å². The molecule has 0 bridgehead atoms. The van der Waals surface area contributed by atoms with Crippen LogP contribution in [0.15, 0.2) is 48.5 Å². The summed E-state index contributed by atoms with van der Waals surface area (Å²) in [5.41, 5.74) is 3.19. The molecule has 0 saturated heterocycles. The fraction of sp³-hybridized carbons (Fsp3) is 0.316. The molecule has 2 aromatic carbocycles. The number of hydrogen-bond donors (Lipinski definition) is 2. The molecule has 2 unspecified atom stereocenters. The smallest absolute Gasteiger partial charge is 0.0954 e. The monoisotopic (exact) mass is 326 g/mol. The third kappa shape index (κ3) is 3.96. The molecule has 1 aromatic heterocycles. The molecule has 0 saturated carbocycles. The second-order valence-electron chi connectivity index (χ2n) is 5.96. The lowest BCUT2D eigenvalue weighted by molar-refractivity contribution is 0.170. The molecule has 0 spiro atoms. The minimum Gasteiger partial charge on any atom is -0.387 e. The number of aryl methyl sites for hydroxylation is 1. The fourth-order valence-electron chi connectivity index (χ4n) is 2.72. The van der Waals surface area contributed by atoms with Gasteiger partial charge in [-0.3, -0.25) is 0 Å². The van der Waals surface area contributed by atoms with Gasteiger partial charge in [-0.2, -0.15) is 0 Å². The molecule has 4 heteroatoms. The molecule has 2 atom stereocenters. The van der Waals surface area contributed by atoms with E-state index in [9.17, 15) is 5.11 Å². The predicted molar refractivity (Wildman–Crippen MR) is 96.9 cm³/mol. The van der Waals surface area contributed by atoms with Crippen molar-refractivity contribution >= 4 is 21.6 Å². The highest BCUT2D eigenvalue weighted by atomic mass is 32.1. The van der Waals surface area contributed by atoms with Crippen molar-refractivity contribution in [1.82, 2.24) is 10.3 Å². The fourth-order valence-corrected chi connectivity index (χ4v) is 3.82. The van der Waals surface area contributed by atoms with Crippen molar-refractivity contribution in [3.05, 3.63) is 64.7 Å². The van der Waals surface area contributed by atoms with Gasteiger partial charge >= 0.3 is 0 Å². The molecule has 0 fully saturated rings. The molecule has 120 valence electrons. The van der Waals surface area contributed by atoms with E-state index in [-0.39, 0.29) is 6.04 Å². The summed E-state index contributed by atoms with van der Waals surface area (Å²) in [5, 5.41) is 14.9. The van der Waals surface area contributed by atoms with Crippen molar-refractivity contribution in [2.75, 3.05) is 6.54 Å². The number of hydrogen-bond acceptors (Lipinski definition) is 4. The third-order valence-corrected chi connectivity index (χ3v) is 5.08. The third-order valence-electron chi connectivity index (χ3n) is 4.03. The largest absolute Gasteiger partial charge is 0.387 e. The number of rotatable bonds is 6. The molecule has 23 heavy (non-hydrogen) atoms. The zero-order chi connectivity index (χ0) is 16.2. The van der Waals surface area contributed by atoms with Crippen LogP contribution in [0, 0.1) is 6.92 Å². The summed E-state index contributed by atoms with van der Waals surface area (Å²) in [6.45, 7) is 4.72. The van der Waals surface area contributed by atoms with Gasteiger partial charge in [-0.1, -0.05) is 36.4 Å². The summed E-state index contributed by atoms with van der Waals surface area (Å²) < 4.78 is 1.23. The van der Waals surface area contributed by atoms with E-state index in [2.05, 4.69) is 29.4 Å². The molecule has 0 aliphatic heterocycles. The van der Waals surface area contributed by atoms with Gasteiger partial charge in [0.05, 0.1) is 21.3 Å². The number of fused-ring (bicyclic) bond motifs is 1. The van der Waals surface area contributed by atoms with Gasteiger partial charge in [0.15, 0.2) is 0 Å². The molecule has 1 heterocycles. The van der Waals surface area contributed by atoms with E-state index >= 15 is 0 Å². The van der Waals surface area contributed by atoms with Crippen molar-refractivity contribution in [2.24, 2.45) is 0 Å². The Labute approximate surface area is 141 Å². The Bertz CT molecular complexity index is 751. The Balaban J connectivity index is 1.57. The maximum absolute atomic E-state index is 10.4. The molecule has 0 aliphatic carbocycles. The SMILES string of the molecule is Cc1ccccc1C(O)CNC(C)Cc1nc2ccccc2s1. The van der Waals surface area contributed by atoms with Crippen LogP contribution in [-0.2, 0) is 6.42 Å². The first kappa shape index (κ1) is 16.1. The van der Waals surface area contributed by atoms with Gasteiger partial charge in [0.2, 0.25) is 0 Å². The zero-order valence-corrected chi connectivity index (χ0v) is 14.3. The van der Waals surface area contributed by atoms with E-state index in [0.29, 0.717) is 6.54 Å². The van der Waals surface area contributed by atoms with E-state index in [0.717, 1.165) is 28.1 Å². The summed E-state index contributed by atoms with van der Waals surface area (Å²) >= 11 is 1.75. The molecule has 0 radical (unpaired) electrons. The van der Waals surface area contributed by atoms with Crippen LogP contribution in [0.2, 0.25) is 0 Å². The van der Waals surface area contributed by atoms with E-state index in [1.807, 2.05) is 43.3 Å². The van der Waals surface area contributed by atoms with Crippen LogP contribution in [0.1, 0.15) is 29.2 Å². The van der Waals surface area contributed by atoms with Crippen LogP contribution >= 0.6 is 11.3 Å². The Kier molecular flexibility index (Phi) is 5.06. The van der Waals surface area contributed by atoms with Crippen molar-refractivity contribution in [1.29, 1.82) is 0 Å². The molecule has 0 amide bonds. The Morgan fingerprint density at radius 2 is 1.87 bits per heavy atom. The first-order valence-corrected chi connectivity index (χ1v) is 8.76. The van der Waals surface area contributed by atoms with Crippen molar-refractivity contribution in [2.45, 2.75) is 32.4 Å². The van der Waals surface area contributed by atoms with E-state index in [1.54, 1.807) is 11.3 Å². The number of nitrogens with one attached hydrogen (secondary N) is 1. The number of aliphatic hydroxyl groups is 1. The van der Waals surface area contributed by atoms with Crippen LogP contribution < -0.4 is 5.32 Å². The lowest BCUT2D eigenvalue weighted by Gasteiger charge is -2.18. The van der Waals surface area contributed by atoms with Crippen LogP contribution in [-0.4, -0.2) is 22.7 Å². The highest BCUT2D eigenvalue weighted by Crippen LogP contribution is 2.22. The minimum atomic E-state index is -0.478. The summed E-state index contributed by atoms with van der Waals surface area (Å²) in [5.74, 6) is 0. The number of aromatic nitrogens is 1. The highest BCUT2D eigenvalue weighted by molar-refractivity contribution is 7.18. The van der Waals surface area contributed by atoms with Crippen molar-refractivity contribution in [3.63, 3.8) is 0 Å². The average Bonchev–Trinajstić information content (AvgIpc) is 2.95. The van der Waals surface area contributed by atoms with Crippen LogP contribution in [0.3, 0.4) is 0 Å². The number of benzene rings is 2. The highest BCUT2D eigenvalue weighted by Gasteiger charge is 2.13. The molecule has 3 nitrogen and oxygen atoms in total. The standard InChI is InChI=1S/C19H22N2OS/c1-13-7-3-4-8-15(13)17(22)12-20-14(2)11-19-21-16-9-5-6-10-18(16)23-19/h3-10,14,17,20,22H,11-12H2,1-2H3. The number of nitrogens with zero attached hydrogens (tertiary/aromatic N) is 1. The molecule has 3 aromatic rings. The molecule has 0 aliphatic rings. The quantitative estimate of drug-likeness (QED) is 0.723. The summed E-state index contributed by atoms with van der Waals surface area (Å²) in [6, 6.07) is 16.5. The number of aliphatic hydroxyl groups excluding tert-OH is 1. The van der Waals surface area contributed by atoms with Crippen LogP contribution in [0.4, 0.5) is 0 Å².